The first-order valence-corrected chi connectivity index (χ1v) is 9.06. The molecule has 0 saturated heterocycles. The van der Waals surface area contributed by atoms with Gasteiger partial charge in [-0.05, 0) is 43.2 Å². The fourth-order valence-corrected chi connectivity index (χ4v) is 2.52. The van der Waals surface area contributed by atoms with Crippen molar-refractivity contribution < 1.29 is 19.4 Å². The van der Waals surface area contributed by atoms with Crippen LogP contribution in [0.4, 0.5) is 5.69 Å². The van der Waals surface area contributed by atoms with Crippen molar-refractivity contribution in [1.82, 2.24) is 5.32 Å². The highest BCUT2D eigenvalue weighted by Gasteiger charge is 2.10. The van der Waals surface area contributed by atoms with Gasteiger partial charge in [-0.1, -0.05) is 30.7 Å². The summed E-state index contributed by atoms with van der Waals surface area (Å²) in [6.07, 6.45) is 0.852. The van der Waals surface area contributed by atoms with Gasteiger partial charge in [0.05, 0.1) is 13.7 Å². The second-order valence-corrected chi connectivity index (χ2v) is 6.36. The minimum atomic E-state index is -0.236. The molecule has 0 heterocycles. The lowest BCUT2D eigenvalue weighted by molar-refractivity contribution is -0.118. The topological polar surface area (TPSA) is 79.8 Å². The zero-order valence-corrected chi connectivity index (χ0v) is 17.3. The van der Waals surface area contributed by atoms with E-state index >= 15 is 0 Å². The summed E-state index contributed by atoms with van der Waals surface area (Å²) in [6.45, 7) is 4.62. The fraction of sp³-hybridized carbons (Fsp3) is 0.381. The van der Waals surface area contributed by atoms with Crippen LogP contribution in [-0.2, 0) is 11.3 Å². The number of benzene rings is 2. The molecule has 0 aliphatic heterocycles. The van der Waals surface area contributed by atoms with Gasteiger partial charge in [0.15, 0.2) is 18.1 Å². The third-order valence-electron chi connectivity index (χ3n) is 4.23. The van der Waals surface area contributed by atoms with Gasteiger partial charge in [-0.3, -0.25) is 4.79 Å². The molecule has 0 aromatic heterocycles. The van der Waals surface area contributed by atoms with E-state index in [1.165, 1.54) is 0 Å². The van der Waals surface area contributed by atoms with Crippen LogP contribution >= 0.6 is 12.4 Å². The van der Waals surface area contributed by atoms with Crippen molar-refractivity contribution in [1.29, 1.82) is 0 Å². The first-order valence-electron chi connectivity index (χ1n) is 9.06. The van der Waals surface area contributed by atoms with E-state index in [9.17, 15) is 9.90 Å². The zero-order chi connectivity index (χ0) is 19.6. The highest BCUT2D eigenvalue weighted by molar-refractivity contribution is 5.91. The Morgan fingerprint density at radius 3 is 2.46 bits per heavy atom. The number of carbonyl (C=O) groups is 1. The number of aryl methyl sites for hydroxylation is 1. The predicted octanol–water partition coefficient (Wildman–Crippen LogP) is 3.30. The van der Waals surface area contributed by atoms with Crippen molar-refractivity contribution >= 4 is 24.0 Å². The molecule has 3 N–H and O–H groups in total. The van der Waals surface area contributed by atoms with Crippen molar-refractivity contribution in [3.63, 3.8) is 0 Å². The second-order valence-electron chi connectivity index (χ2n) is 6.36. The Labute approximate surface area is 172 Å². The van der Waals surface area contributed by atoms with Gasteiger partial charge in [0.25, 0.3) is 5.91 Å². The van der Waals surface area contributed by atoms with E-state index in [0.29, 0.717) is 18.0 Å². The maximum atomic E-state index is 12.1. The van der Waals surface area contributed by atoms with E-state index in [1.807, 2.05) is 50.2 Å². The number of amides is 1. The Hall–Kier alpha value is -2.28. The minimum absolute atomic E-state index is 0. The van der Waals surface area contributed by atoms with Crippen LogP contribution in [0.3, 0.4) is 0 Å². The molecule has 28 heavy (non-hydrogen) atoms. The number of nitrogens with one attached hydrogen (secondary N) is 2. The largest absolute Gasteiger partial charge is 0.493 e. The van der Waals surface area contributed by atoms with Gasteiger partial charge in [0, 0.05) is 18.3 Å². The molecule has 2 aromatic carbocycles. The number of halogens is 1. The zero-order valence-electron chi connectivity index (χ0n) is 16.5. The van der Waals surface area contributed by atoms with Crippen LogP contribution in [-0.4, -0.2) is 37.4 Å². The Balaban J connectivity index is 0.00000392. The Morgan fingerprint density at radius 1 is 1.14 bits per heavy atom. The number of hydrogen-bond donors (Lipinski definition) is 3. The maximum absolute atomic E-state index is 12.1. The van der Waals surface area contributed by atoms with Gasteiger partial charge in [0.1, 0.15) is 0 Å². The lowest BCUT2D eigenvalue weighted by Gasteiger charge is -2.16. The molecular weight excluding hydrogens is 380 g/mol. The number of aliphatic hydroxyl groups excluding tert-OH is 1. The van der Waals surface area contributed by atoms with Gasteiger partial charge in [-0.25, -0.2) is 0 Å². The number of rotatable bonds is 10. The van der Waals surface area contributed by atoms with E-state index in [0.717, 1.165) is 23.2 Å². The fourth-order valence-electron chi connectivity index (χ4n) is 2.52. The van der Waals surface area contributed by atoms with Crippen molar-refractivity contribution in [3.05, 3.63) is 53.6 Å². The minimum Gasteiger partial charge on any atom is -0.493 e. The molecule has 0 spiro atoms. The number of anilines is 1. The molecule has 1 unspecified atom stereocenters. The molecule has 2 aromatic rings. The molecule has 0 bridgehead atoms. The van der Waals surface area contributed by atoms with E-state index in [1.54, 1.807) is 13.2 Å². The standard InChI is InChI=1S/C21H28N2O4.ClH/c1-4-17(13-24)22-12-16-7-10-19(20(11-16)26-3)27-14-21(25)23-18-8-5-15(2)6-9-18;/h5-11,17,22,24H,4,12-14H2,1-3H3,(H,23,25);1H. The molecule has 154 valence electrons. The van der Waals surface area contributed by atoms with E-state index in [-0.39, 0.29) is 37.6 Å². The van der Waals surface area contributed by atoms with Crippen LogP contribution < -0.4 is 20.1 Å². The number of hydrogen-bond acceptors (Lipinski definition) is 5. The number of methoxy groups -OCH3 is 1. The van der Waals surface area contributed by atoms with Gasteiger partial charge >= 0.3 is 0 Å². The van der Waals surface area contributed by atoms with Crippen LogP contribution in [0.15, 0.2) is 42.5 Å². The van der Waals surface area contributed by atoms with Crippen molar-refractivity contribution in [3.8, 4) is 11.5 Å². The first kappa shape index (κ1) is 23.8. The summed E-state index contributed by atoms with van der Waals surface area (Å²) < 4.78 is 11.0. The summed E-state index contributed by atoms with van der Waals surface area (Å²) in [6, 6.07) is 13.2. The molecule has 6 nitrogen and oxygen atoms in total. The number of aliphatic hydroxyl groups is 1. The third kappa shape index (κ3) is 7.38. The Morgan fingerprint density at radius 2 is 1.86 bits per heavy atom. The molecule has 0 radical (unpaired) electrons. The van der Waals surface area contributed by atoms with Crippen molar-refractivity contribution in [2.45, 2.75) is 32.9 Å². The van der Waals surface area contributed by atoms with E-state index < -0.39 is 0 Å². The van der Waals surface area contributed by atoms with Gasteiger partial charge < -0.3 is 25.2 Å². The average Bonchev–Trinajstić information content (AvgIpc) is 2.69. The second kappa shape index (κ2) is 12.2. The molecule has 0 aliphatic carbocycles. The normalized spacial score (nSPS) is 11.3. The number of ether oxygens (including phenoxy) is 2. The molecule has 2 rings (SSSR count). The lowest BCUT2D eigenvalue weighted by Crippen LogP contribution is -2.31. The van der Waals surface area contributed by atoms with E-state index in [2.05, 4.69) is 10.6 Å². The Bertz CT molecular complexity index is 734. The molecular formula is C21H29ClN2O4. The maximum Gasteiger partial charge on any atom is 0.262 e. The van der Waals surface area contributed by atoms with Crippen molar-refractivity contribution in [2.24, 2.45) is 0 Å². The summed E-state index contributed by atoms with van der Waals surface area (Å²) >= 11 is 0. The smallest absolute Gasteiger partial charge is 0.262 e. The number of carbonyl (C=O) groups excluding carboxylic acids is 1. The summed E-state index contributed by atoms with van der Waals surface area (Å²) in [4.78, 5) is 12.1. The molecule has 0 fully saturated rings. The molecule has 7 heteroatoms. The third-order valence-corrected chi connectivity index (χ3v) is 4.23. The van der Waals surface area contributed by atoms with E-state index in [4.69, 9.17) is 9.47 Å². The van der Waals surface area contributed by atoms with Crippen LogP contribution in [0, 0.1) is 6.92 Å². The summed E-state index contributed by atoms with van der Waals surface area (Å²) in [7, 11) is 1.56. The summed E-state index contributed by atoms with van der Waals surface area (Å²) in [5.74, 6) is 0.837. The van der Waals surface area contributed by atoms with Gasteiger partial charge in [0.2, 0.25) is 0 Å². The lowest BCUT2D eigenvalue weighted by atomic mass is 10.1. The van der Waals surface area contributed by atoms with Gasteiger partial charge in [-0.2, -0.15) is 0 Å². The Kier molecular flexibility index (Phi) is 10.4. The SMILES string of the molecule is CCC(CO)NCc1ccc(OCC(=O)Nc2ccc(C)cc2)c(OC)c1.Cl. The van der Waals surface area contributed by atoms with Crippen LogP contribution in [0.2, 0.25) is 0 Å². The van der Waals surface area contributed by atoms with Crippen LogP contribution in [0.5, 0.6) is 11.5 Å². The van der Waals surface area contributed by atoms with Gasteiger partial charge in [-0.15, -0.1) is 12.4 Å². The highest BCUT2D eigenvalue weighted by atomic mass is 35.5. The first-order chi connectivity index (χ1) is 13.0. The summed E-state index contributed by atoms with van der Waals surface area (Å²) in [5, 5.41) is 15.3. The summed E-state index contributed by atoms with van der Waals surface area (Å²) in [5.41, 5.74) is 2.87. The van der Waals surface area contributed by atoms with Crippen LogP contribution in [0.1, 0.15) is 24.5 Å². The monoisotopic (exact) mass is 408 g/mol. The molecule has 0 saturated carbocycles. The average molecular weight is 409 g/mol. The highest BCUT2D eigenvalue weighted by Crippen LogP contribution is 2.28. The predicted molar refractivity (Wildman–Crippen MR) is 114 cm³/mol. The van der Waals surface area contributed by atoms with Crippen molar-refractivity contribution in [2.75, 3.05) is 25.6 Å². The molecule has 1 atom stereocenters. The molecule has 1 amide bonds. The quantitative estimate of drug-likeness (QED) is 0.562. The van der Waals surface area contributed by atoms with Crippen LogP contribution in [0.25, 0.3) is 0 Å². The molecule has 0 aliphatic rings.